The largest absolute Gasteiger partial charge is 0.512 e. The number of esters is 1. The van der Waals surface area contributed by atoms with Crippen LogP contribution in [0, 0.1) is 28.6 Å². The van der Waals surface area contributed by atoms with Crippen LogP contribution in [0.5, 0.6) is 0 Å². The number of unbranched alkanes of at least 4 members (excludes halogenated alkanes) is 3. The molecule has 5 rings (SSSR count). The number of carboxylic acids is 1. The van der Waals surface area contributed by atoms with Crippen LogP contribution in [0.2, 0.25) is 0 Å². The van der Waals surface area contributed by atoms with E-state index in [0.717, 1.165) is 50.5 Å². The lowest BCUT2D eigenvalue weighted by molar-refractivity contribution is -0.285. The molecule has 264 valence electrons. The van der Waals surface area contributed by atoms with Crippen molar-refractivity contribution < 1.29 is 54.4 Å². The number of allylic oxidation sites excluding steroid dienone is 3. The van der Waals surface area contributed by atoms with Crippen molar-refractivity contribution in [2.75, 3.05) is 0 Å². The fourth-order valence-corrected chi connectivity index (χ4v) is 8.69. The molecule has 7 N–H and O–H groups in total. The SMILES string of the molecule is CC(C)([OH2+])CCCCCCC1(C)CC1(C)C1=CC2OC(C)(C)C3CC=C(C(=O)O[C@@H]4O[C@H](C(=O)O)[C@@H](O)C(O)[C@H]4O)C[C@H]3C2C(O)=C1. The van der Waals surface area contributed by atoms with E-state index >= 15 is 0 Å². The molecule has 1 saturated carbocycles. The number of carbonyl (C=O) groups excluding carboxylic acids is 1. The highest BCUT2D eigenvalue weighted by Crippen LogP contribution is 2.71. The van der Waals surface area contributed by atoms with Crippen LogP contribution >= 0.6 is 0 Å². The summed E-state index contributed by atoms with van der Waals surface area (Å²) in [4.78, 5) is 24.8. The van der Waals surface area contributed by atoms with Gasteiger partial charge in [0, 0.05) is 31.8 Å². The number of fused-ring (bicyclic) bond motifs is 3. The Morgan fingerprint density at radius 1 is 1.04 bits per heavy atom. The van der Waals surface area contributed by atoms with Crippen LogP contribution in [0.1, 0.15) is 99.3 Å². The molecule has 0 amide bonds. The molecule has 2 aliphatic heterocycles. The Morgan fingerprint density at radius 2 is 1.72 bits per heavy atom. The third-order valence-electron chi connectivity index (χ3n) is 11.9. The lowest BCUT2D eigenvalue weighted by Crippen LogP contribution is -2.60. The molecule has 0 radical (unpaired) electrons. The van der Waals surface area contributed by atoms with E-state index in [2.05, 4.69) is 19.9 Å². The summed E-state index contributed by atoms with van der Waals surface area (Å²) in [6.07, 6.45) is 4.49. The van der Waals surface area contributed by atoms with E-state index < -0.39 is 48.2 Å². The molecule has 2 saturated heterocycles. The molecule has 11 heteroatoms. The van der Waals surface area contributed by atoms with Crippen molar-refractivity contribution in [1.82, 2.24) is 0 Å². The van der Waals surface area contributed by atoms with Crippen molar-refractivity contribution in [2.45, 2.75) is 147 Å². The molecule has 0 aromatic carbocycles. The normalized spacial score (nSPS) is 41.1. The van der Waals surface area contributed by atoms with Crippen molar-refractivity contribution in [1.29, 1.82) is 0 Å². The lowest BCUT2D eigenvalue weighted by atomic mass is 9.61. The van der Waals surface area contributed by atoms with Crippen molar-refractivity contribution in [2.24, 2.45) is 28.6 Å². The quantitative estimate of drug-likeness (QED) is 0.124. The molecule has 3 fully saturated rings. The summed E-state index contributed by atoms with van der Waals surface area (Å²) in [5.41, 5.74) is 0.535. The average molecular weight is 664 g/mol. The summed E-state index contributed by atoms with van der Waals surface area (Å²) in [5, 5.41) is 59.4. The van der Waals surface area contributed by atoms with Crippen LogP contribution in [0.4, 0.5) is 0 Å². The molecule has 47 heavy (non-hydrogen) atoms. The highest BCUT2D eigenvalue weighted by Gasteiger charge is 2.63. The number of aliphatic hydroxyl groups excluding tert-OH is 4. The van der Waals surface area contributed by atoms with Crippen molar-refractivity contribution in [3.05, 3.63) is 35.1 Å². The van der Waals surface area contributed by atoms with Gasteiger partial charge in [0.15, 0.2) is 11.7 Å². The summed E-state index contributed by atoms with van der Waals surface area (Å²) in [6, 6.07) is 0. The maximum atomic E-state index is 13.3. The van der Waals surface area contributed by atoms with E-state index in [-0.39, 0.29) is 52.5 Å². The predicted octanol–water partition coefficient (Wildman–Crippen LogP) is 3.81. The van der Waals surface area contributed by atoms with Crippen molar-refractivity contribution >= 4 is 11.9 Å². The highest BCUT2D eigenvalue weighted by molar-refractivity contribution is 5.89. The third kappa shape index (κ3) is 7.07. The summed E-state index contributed by atoms with van der Waals surface area (Å²) in [6.45, 7) is 12.6. The first kappa shape index (κ1) is 36.0. The molecule has 11 nitrogen and oxygen atoms in total. The number of ether oxygens (including phenoxy) is 3. The zero-order valence-corrected chi connectivity index (χ0v) is 28.6. The van der Waals surface area contributed by atoms with E-state index in [1.165, 1.54) is 0 Å². The summed E-state index contributed by atoms with van der Waals surface area (Å²) < 4.78 is 17.2. The van der Waals surface area contributed by atoms with Gasteiger partial charge in [-0.1, -0.05) is 45.3 Å². The maximum Gasteiger partial charge on any atom is 0.336 e. The number of aliphatic carboxylic acids is 1. The summed E-state index contributed by atoms with van der Waals surface area (Å²) in [5.74, 6) is -2.66. The van der Waals surface area contributed by atoms with Crippen LogP contribution in [0.15, 0.2) is 35.1 Å². The number of rotatable bonds is 11. The van der Waals surface area contributed by atoms with Gasteiger partial charge in [-0.3, -0.25) is 0 Å². The molecule has 2 heterocycles. The van der Waals surface area contributed by atoms with Gasteiger partial charge in [0.1, 0.15) is 18.3 Å². The van der Waals surface area contributed by atoms with Gasteiger partial charge in [-0.05, 0) is 80.3 Å². The van der Waals surface area contributed by atoms with Gasteiger partial charge < -0.3 is 44.8 Å². The number of carbonyl (C=O) groups is 2. The smallest absolute Gasteiger partial charge is 0.336 e. The fraction of sp³-hybridized carbons (Fsp3) is 0.778. The fourth-order valence-electron chi connectivity index (χ4n) is 8.69. The minimum Gasteiger partial charge on any atom is -0.512 e. The number of hydrogen-bond donors (Lipinski definition) is 5. The Hall–Kier alpha value is -2.28. The zero-order valence-electron chi connectivity index (χ0n) is 28.6. The molecule has 0 aromatic rings. The second-order valence-electron chi connectivity index (χ2n) is 16.4. The second kappa shape index (κ2) is 12.9. The highest BCUT2D eigenvalue weighted by atomic mass is 16.7. The maximum absolute atomic E-state index is 13.3. The van der Waals surface area contributed by atoms with Gasteiger partial charge in [-0.2, -0.15) is 0 Å². The Labute approximate surface area is 277 Å². The van der Waals surface area contributed by atoms with Crippen LogP contribution in [0.25, 0.3) is 0 Å². The van der Waals surface area contributed by atoms with Gasteiger partial charge in [0.2, 0.25) is 6.29 Å². The molecule has 6 unspecified atom stereocenters. The van der Waals surface area contributed by atoms with Gasteiger partial charge >= 0.3 is 11.9 Å². The van der Waals surface area contributed by atoms with Gasteiger partial charge in [0.05, 0.1) is 17.5 Å². The molecule has 0 aromatic heterocycles. The average Bonchev–Trinajstić information content (AvgIpc) is 3.54. The first-order valence-electron chi connectivity index (χ1n) is 17.2. The molecular weight excluding hydrogens is 608 g/mol. The standard InChI is InChI=1S/C36H54O11/c1-33(2,44)13-9-7-8-10-14-35(5)18-36(35,6)20-16-23(37)25-21-15-19(11-12-22(21)34(3,4)47-24(25)17-20)31(43)46-32-28(40)26(38)27(39)29(45-32)30(41)42/h11,16-17,21-22,24-29,32,37-40,44H,7-10,12-15,18H2,1-6H3,(H,41,42)/p+1/t21-,22?,24?,25?,26?,27+,28-,29+,32+,35?,36?/m1/s1. The second-order valence-corrected chi connectivity index (χ2v) is 16.4. The lowest BCUT2D eigenvalue weighted by Gasteiger charge is -2.53. The minimum atomic E-state index is -1.89. The molecule has 0 bridgehead atoms. The molecule has 3 aliphatic carbocycles. The Bertz CT molecular complexity index is 1310. The molecular formula is C36H55O11+. The number of hydrogen-bond acceptors (Lipinski definition) is 9. The van der Waals surface area contributed by atoms with Crippen LogP contribution in [0.3, 0.4) is 0 Å². The Balaban J connectivity index is 1.25. The minimum absolute atomic E-state index is 0.00177. The number of aliphatic hydroxyl groups is 4. The van der Waals surface area contributed by atoms with Crippen LogP contribution in [-0.2, 0) is 23.8 Å². The first-order valence-corrected chi connectivity index (χ1v) is 17.2. The van der Waals surface area contributed by atoms with Gasteiger partial charge in [0.25, 0.3) is 0 Å². The monoisotopic (exact) mass is 663 g/mol. The zero-order chi connectivity index (χ0) is 34.7. The predicted molar refractivity (Wildman–Crippen MR) is 172 cm³/mol. The molecule has 5 aliphatic rings. The van der Waals surface area contributed by atoms with Crippen LogP contribution < -0.4 is 0 Å². The summed E-state index contributed by atoms with van der Waals surface area (Å²) >= 11 is 0. The topological polar surface area (TPSA) is 186 Å². The van der Waals surface area contributed by atoms with E-state index in [9.17, 15) is 35.1 Å². The third-order valence-corrected chi connectivity index (χ3v) is 11.9. The van der Waals surface area contributed by atoms with E-state index in [1.807, 2.05) is 33.8 Å². The van der Waals surface area contributed by atoms with Crippen molar-refractivity contribution in [3.8, 4) is 0 Å². The van der Waals surface area contributed by atoms with Crippen LogP contribution in [-0.4, -0.2) is 90.6 Å². The van der Waals surface area contributed by atoms with Crippen molar-refractivity contribution in [3.63, 3.8) is 0 Å². The first-order chi connectivity index (χ1) is 21.8. The van der Waals surface area contributed by atoms with E-state index in [1.54, 1.807) is 6.08 Å². The Morgan fingerprint density at radius 3 is 2.38 bits per heavy atom. The van der Waals surface area contributed by atoms with Gasteiger partial charge in [-0.15, -0.1) is 0 Å². The van der Waals surface area contributed by atoms with Gasteiger partial charge in [-0.25, -0.2) is 9.59 Å². The summed E-state index contributed by atoms with van der Waals surface area (Å²) in [7, 11) is 0. The molecule has 11 atom stereocenters. The molecule has 0 spiro atoms. The van der Waals surface area contributed by atoms with E-state index in [0.29, 0.717) is 12.0 Å². The van der Waals surface area contributed by atoms with E-state index in [4.69, 9.17) is 19.3 Å². The number of carboxylic acid groups (broad SMARTS) is 1. The Kier molecular flexibility index (Phi) is 9.87.